The highest BCUT2D eigenvalue weighted by molar-refractivity contribution is 6.62. The van der Waals surface area contributed by atoms with E-state index in [2.05, 4.69) is 52.0 Å². The zero-order chi connectivity index (χ0) is 21.2. The summed E-state index contributed by atoms with van der Waals surface area (Å²) < 4.78 is 17.7. The molecule has 0 aliphatic carbocycles. The van der Waals surface area contributed by atoms with Crippen LogP contribution in [0.2, 0.25) is 0 Å². The van der Waals surface area contributed by atoms with E-state index in [1.165, 1.54) is 5.57 Å². The number of piperidine rings is 1. The van der Waals surface area contributed by atoms with Crippen LogP contribution in [0.1, 0.15) is 59.9 Å². The van der Waals surface area contributed by atoms with E-state index >= 15 is 0 Å². The van der Waals surface area contributed by atoms with Gasteiger partial charge in [0.05, 0.1) is 17.8 Å². The van der Waals surface area contributed by atoms with E-state index in [-0.39, 0.29) is 24.4 Å². The van der Waals surface area contributed by atoms with Gasteiger partial charge in [0.25, 0.3) is 0 Å². The van der Waals surface area contributed by atoms with Crippen molar-refractivity contribution < 1.29 is 18.8 Å². The molecule has 1 aromatic rings. The van der Waals surface area contributed by atoms with Crippen LogP contribution in [-0.2, 0) is 14.0 Å². The molecule has 1 aromatic carbocycles. The molecular weight excluding hydrogens is 365 g/mol. The molecule has 0 unspecified atom stereocenters. The van der Waals surface area contributed by atoms with E-state index in [1.54, 1.807) is 4.90 Å². The average molecular weight is 399 g/mol. The molecule has 0 radical (unpaired) electrons. The fraction of sp³-hybridized carbons (Fsp3) is 0.609. The summed E-state index contributed by atoms with van der Waals surface area (Å²) in [4.78, 5) is 13.9. The molecule has 29 heavy (non-hydrogen) atoms. The first-order chi connectivity index (χ1) is 13.6. The van der Waals surface area contributed by atoms with Gasteiger partial charge in [-0.25, -0.2) is 4.79 Å². The van der Waals surface area contributed by atoms with Crippen molar-refractivity contribution in [3.63, 3.8) is 0 Å². The van der Waals surface area contributed by atoms with Crippen molar-refractivity contribution in [2.24, 2.45) is 5.92 Å². The largest absolute Gasteiger partial charge is 0.494 e. The van der Waals surface area contributed by atoms with Crippen LogP contribution < -0.4 is 5.46 Å². The molecule has 2 aliphatic rings. The summed E-state index contributed by atoms with van der Waals surface area (Å²) in [6.07, 6.45) is 3.78. The Kier molecular flexibility index (Phi) is 6.44. The molecule has 1 amide bonds. The van der Waals surface area contributed by atoms with Gasteiger partial charge in [0, 0.05) is 13.1 Å². The van der Waals surface area contributed by atoms with Gasteiger partial charge in [-0.3, -0.25) is 0 Å². The second-order valence-electron chi connectivity index (χ2n) is 9.52. The van der Waals surface area contributed by atoms with Crippen molar-refractivity contribution in [1.29, 1.82) is 0 Å². The maximum absolute atomic E-state index is 12.1. The summed E-state index contributed by atoms with van der Waals surface area (Å²) in [6, 6.07) is 8.34. The molecule has 0 bridgehead atoms. The zero-order valence-electron chi connectivity index (χ0n) is 18.7. The van der Waals surface area contributed by atoms with Crippen LogP contribution in [0.25, 0.3) is 6.08 Å². The maximum Gasteiger partial charge on any atom is 0.494 e. The molecular formula is C23H34BNO4. The number of ether oxygens (including phenoxy) is 1. The summed E-state index contributed by atoms with van der Waals surface area (Å²) in [6.45, 7) is 14.3. The van der Waals surface area contributed by atoms with Crippen molar-refractivity contribution in [3.8, 4) is 0 Å². The lowest BCUT2D eigenvalue weighted by Crippen LogP contribution is -2.41. The lowest BCUT2D eigenvalue weighted by molar-refractivity contribution is 0.00578. The fourth-order valence-electron chi connectivity index (χ4n) is 3.46. The van der Waals surface area contributed by atoms with Gasteiger partial charge >= 0.3 is 13.2 Å². The maximum atomic E-state index is 12.1. The Hall–Kier alpha value is -1.79. The van der Waals surface area contributed by atoms with Crippen molar-refractivity contribution in [3.05, 3.63) is 35.4 Å². The molecule has 3 rings (SSSR count). The fourth-order valence-corrected chi connectivity index (χ4v) is 3.46. The minimum Gasteiger partial charge on any atom is -0.449 e. The molecule has 2 fully saturated rings. The molecule has 2 aliphatic heterocycles. The Morgan fingerprint density at radius 3 is 2.38 bits per heavy atom. The Morgan fingerprint density at radius 2 is 1.79 bits per heavy atom. The normalized spacial score (nSPS) is 20.9. The van der Waals surface area contributed by atoms with Crippen molar-refractivity contribution >= 4 is 24.8 Å². The molecule has 0 saturated carbocycles. The number of rotatable bonds is 4. The lowest BCUT2D eigenvalue weighted by atomic mass is 9.78. The third-order valence-electron chi connectivity index (χ3n) is 6.01. The highest BCUT2D eigenvalue weighted by Gasteiger charge is 2.51. The monoisotopic (exact) mass is 399 g/mol. The number of hydrogen-bond acceptors (Lipinski definition) is 4. The Balaban J connectivity index is 1.61. The van der Waals surface area contributed by atoms with Crippen LogP contribution >= 0.6 is 0 Å². The summed E-state index contributed by atoms with van der Waals surface area (Å²) in [7, 11) is -0.351. The minimum atomic E-state index is -0.351. The third-order valence-corrected chi connectivity index (χ3v) is 6.01. The van der Waals surface area contributed by atoms with Gasteiger partial charge < -0.3 is 18.9 Å². The zero-order valence-corrected chi connectivity index (χ0v) is 18.7. The lowest BCUT2D eigenvalue weighted by Gasteiger charge is -2.32. The minimum absolute atomic E-state index is 0.194. The van der Waals surface area contributed by atoms with Crippen LogP contribution in [-0.4, -0.2) is 49.0 Å². The second kappa shape index (κ2) is 8.53. The topological polar surface area (TPSA) is 48.0 Å². The molecule has 2 saturated heterocycles. The van der Waals surface area contributed by atoms with E-state index in [1.807, 2.05) is 19.9 Å². The van der Waals surface area contributed by atoms with E-state index in [0.717, 1.165) is 23.9 Å². The molecule has 2 heterocycles. The van der Waals surface area contributed by atoms with E-state index in [9.17, 15) is 4.79 Å². The summed E-state index contributed by atoms with van der Waals surface area (Å²) >= 11 is 0. The average Bonchev–Trinajstić information content (AvgIpc) is 2.88. The molecule has 5 nitrogen and oxygen atoms in total. The van der Waals surface area contributed by atoms with Crippen molar-refractivity contribution in [2.45, 2.75) is 65.6 Å². The Morgan fingerprint density at radius 1 is 1.17 bits per heavy atom. The van der Waals surface area contributed by atoms with Gasteiger partial charge in [0.1, 0.15) is 0 Å². The number of carbonyl (C=O) groups excluding carboxylic acids is 1. The van der Waals surface area contributed by atoms with Crippen LogP contribution in [0, 0.1) is 5.92 Å². The van der Waals surface area contributed by atoms with Gasteiger partial charge in [-0.05, 0) is 57.5 Å². The number of hydrogen-bond donors (Lipinski definition) is 0. The van der Waals surface area contributed by atoms with Crippen LogP contribution in [0.3, 0.4) is 0 Å². The third kappa shape index (κ3) is 5.23. The SMILES string of the molecule is CC(C)COC(=O)N1CCC(=Cc2cccc(B3OC(C)(C)C(C)(C)O3)c2)CC1. The highest BCUT2D eigenvalue weighted by atomic mass is 16.7. The van der Waals surface area contributed by atoms with E-state index in [4.69, 9.17) is 14.0 Å². The standard InChI is InChI=1S/C23H34BNO4/c1-17(2)16-27-21(26)25-12-10-18(11-13-25)14-19-8-7-9-20(15-19)24-28-22(3,4)23(5,6)29-24/h7-9,14-15,17H,10-13,16H2,1-6H3. The summed E-state index contributed by atoms with van der Waals surface area (Å²) in [5, 5.41) is 0. The van der Waals surface area contributed by atoms with Gasteiger partial charge in [0.2, 0.25) is 0 Å². The molecule has 0 spiro atoms. The van der Waals surface area contributed by atoms with Crippen LogP contribution in [0.15, 0.2) is 29.8 Å². The smallest absolute Gasteiger partial charge is 0.449 e. The number of nitrogens with zero attached hydrogens (tertiary/aromatic N) is 1. The number of benzene rings is 1. The van der Waals surface area contributed by atoms with Crippen molar-refractivity contribution in [1.82, 2.24) is 4.90 Å². The number of amides is 1. The number of likely N-dealkylation sites (tertiary alicyclic amines) is 1. The number of carbonyl (C=O) groups is 1. The Bertz CT molecular complexity index is 746. The summed E-state index contributed by atoms with van der Waals surface area (Å²) in [5.74, 6) is 0.357. The predicted octanol–water partition coefficient (Wildman–Crippen LogP) is 4.26. The molecule has 0 N–H and O–H groups in total. The van der Waals surface area contributed by atoms with Gasteiger partial charge in [-0.15, -0.1) is 0 Å². The van der Waals surface area contributed by atoms with E-state index < -0.39 is 0 Å². The van der Waals surface area contributed by atoms with Crippen LogP contribution in [0.5, 0.6) is 0 Å². The molecule has 158 valence electrons. The molecule has 0 atom stereocenters. The highest BCUT2D eigenvalue weighted by Crippen LogP contribution is 2.36. The Labute approximate surface area is 175 Å². The second-order valence-corrected chi connectivity index (χ2v) is 9.52. The molecule has 6 heteroatoms. The quantitative estimate of drug-likeness (QED) is 0.710. The van der Waals surface area contributed by atoms with Gasteiger partial charge in [0.15, 0.2) is 0 Å². The van der Waals surface area contributed by atoms with E-state index in [0.29, 0.717) is 25.6 Å². The predicted molar refractivity (Wildman–Crippen MR) is 117 cm³/mol. The first kappa shape index (κ1) is 21.9. The summed E-state index contributed by atoms with van der Waals surface area (Å²) in [5.41, 5.74) is 2.84. The first-order valence-corrected chi connectivity index (χ1v) is 10.6. The van der Waals surface area contributed by atoms with Gasteiger partial charge in [-0.2, -0.15) is 0 Å². The van der Waals surface area contributed by atoms with Gasteiger partial charge in [-0.1, -0.05) is 49.8 Å². The van der Waals surface area contributed by atoms with Crippen LogP contribution in [0.4, 0.5) is 4.79 Å². The first-order valence-electron chi connectivity index (χ1n) is 10.6. The molecule has 0 aromatic heterocycles. The van der Waals surface area contributed by atoms with Crippen molar-refractivity contribution in [2.75, 3.05) is 19.7 Å².